The highest BCUT2D eigenvalue weighted by Crippen LogP contribution is 2.36. The van der Waals surface area contributed by atoms with Crippen molar-refractivity contribution < 1.29 is 14.3 Å². The molecule has 2 N–H and O–H groups in total. The van der Waals surface area contributed by atoms with Crippen LogP contribution in [0.4, 0.5) is 0 Å². The van der Waals surface area contributed by atoms with Gasteiger partial charge in [-0.15, -0.1) is 0 Å². The predicted molar refractivity (Wildman–Crippen MR) is 81.3 cm³/mol. The fraction of sp³-hybridized carbons (Fsp3) is 0.438. The summed E-state index contributed by atoms with van der Waals surface area (Å²) in [5.41, 5.74) is 1.52. The Hall–Kier alpha value is -2.01. The fourth-order valence-electron chi connectivity index (χ4n) is 3.03. The number of carbonyl (C=O) groups is 1. The number of aromatic nitrogens is 1. The molecule has 5 heteroatoms. The molecule has 2 aromatic rings. The van der Waals surface area contributed by atoms with Crippen molar-refractivity contribution in [2.45, 2.75) is 12.8 Å². The zero-order valence-corrected chi connectivity index (χ0v) is 12.4. The Morgan fingerprint density at radius 2 is 1.81 bits per heavy atom. The Kier molecular flexibility index (Phi) is 3.84. The standard InChI is InChI=1S/C16H20N2O3/c1-20-12-3-4-13(21-2)15-14(12)11(9-18-15)16(19)10-5-7-17-8-6-10/h3-4,9-10,17-18H,5-8H2,1-2H3. The molecule has 0 bridgehead atoms. The fourth-order valence-corrected chi connectivity index (χ4v) is 3.03. The Morgan fingerprint density at radius 1 is 1.14 bits per heavy atom. The van der Waals surface area contributed by atoms with Crippen molar-refractivity contribution in [2.75, 3.05) is 27.3 Å². The van der Waals surface area contributed by atoms with E-state index in [4.69, 9.17) is 9.47 Å². The maximum Gasteiger partial charge on any atom is 0.168 e. The summed E-state index contributed by atoms with van der Waals surface area (Å²) in [5, 5.41) is 4.11. The number of benzene rings is 1. The van der Waals surface area contributed by atoms with Gasteiger partial charge in [0, 0.05) is 17.7 Å². The van der Waals surface area contributed by atoms with E-state index in [0.717, 1.165) is 42.6 Å². The molecule has 3 rings (SSSR count). The second-order valence-corrected chi connectivity index (χ2v) is 5.31. The molecule has 2 heterocycles. The van der Waals surface area contributed by atoms with Gasteiger partial charge in [-0.05, 0) is 38.1 Å². The highest BCUT2D eigenvalue weighted by molar-refractivity contribution is 6.12. The van der Waals surface area contributed by atoms with Crippen molar-refractivity contribution in [3.8, 4) is 11.5 Å². The van der Waals surface area contributed by atoms with Gasteiger partial charge >= 0.3 is 0 Å². The van der Waals surface area contributed by atoms with Gasteiger partial charge in [0.15, 0.2) is 5.78 Å². The van der Waals surface area contributed by atoms with Crippen molar-refractivity contribution in [1.29, 1.82) is 0 Å². The molecule has 5 nitrogen and oxygen atoms in total. The first-order valence-electron chi connectivity index (χ1n) is 7.23. The lowest BCUT2D eigenvalue weighted by Crippen LogP contribution is -2.31. The first-order chi connectivity index (χ1) is 10.3. The lowest BCUT2D eigenvalue weighted by Gasteiger charge is -2.21. The van der Waals surface area contributed by atoms with Crippen molar-refractivity contribution in [3.63, 3.8) is 0 Å². The number of rotatable bonds is 4. The van der Waals surface area contributed by atoms with Crippen LogP contribution in [0.15, 0.2) is 18.3 Å². The van der Waals surface area contributed by atoms with E-state index >= 15 is 0 Å². The number of piperidine rings is 1. The highest BCUT2D eigenvalue weighted by Gasteiger charge is 2.26. The summed E-state index contributed by atoms with van der Waals surface area (Å²) in [6.07, 6.45) is 3.55. The minimum absolute atomic E-state index is 0.0844. The molecule has 21 heavy (non-hydrogen) atoms. The Bertz CT molecular complexity index is 657. The largest absolute Gasteiger partial charge is 0.496 e. The number of hydrogen-bond donors (Lipinski definition) is 2. The normalized spacial score (nSPS) is 16.1. The number of fused-ring (bicyclic) bond motifs is 1. The summed E-state index contributed by atoms with van der Waals surface area (Å²) in [5.74, 6) is 1.69. The molecular weight excluding hydrogens is 268 g/mol. The van der Waals surface area contributed by atoms with Crippen LogP contribution in [0.25, 0.3) is 10.9 Å². The number of ether oxygens (including phenoxy) is 2. The number of methoxy groups -OCH3 is 2. The number of Topliss-reactive ketones (excluding diaryl/α,β-unsaturated/α-hetero) is 1. The van der Waals surface area contributed by atoms with E-state index in [9.17, 15) is 4.79 Å². The average molecular weight is 288 g/mol. The first-order valence-corrected chi connectivity index (χ1v) is 7.23. The van der Waals surface area contributed by atoms with Gasteiger partial charge < -0.3 is 19.8 Å². The number of ketones is 1. The number of carbonyl (C=O) groups excluding carboxylic acids is 1. The Balaban J connectivity index is 2.07. The van der Waals surface area contributed by atoms with Gasteiger partial charge in [0.1, 0.15) is 11.5 Å². The Labute approximate surface area is 123 Å². The second-order valence-electron chi connectivity index (χ2n) is 5.31. The van der Waals surface area contributed by atoms with E-state index in [0.29, 0.717) is 11.3 Å². The maximum atomic E-state index is 12.8. The summed E-state index contributed by atoms with van der Waals surface area (Å²) in [7, 11) is 3.24. The van der Waals surface area contributed by atoms with Crippen LogP contribution in [0.3, 0.4) is 0 Å². The van der Waals surface area contributed by atoms with Gasteiger partial charge in [-0.25, -0.2) is 0 Å². The second kappa shape index (κ2) is 5.77. The third-order valence-electron chi connectivity index (χ3n) is 4.17. The zero-order chi connectivity index (χ0) is 14.8. The van der Waals surface area contributed by atoms with Crippen molar-refractivity contribution in [3.05, 3.63) is 23.9 Å². The highest BCUT2D eigenvalue weighted by atomic mass is 16.5. The van der Waals surface area contributed by atoms with Crippen LogP contribution in [0.5, 0.6) is 11.5 Å². The maximum absolute atomic E-state index is 12.8. The number of hydrogen-bond acceptors (Lipinski definition) is 4. The Morgan fingerprint density at radius 3 is 2.48 bits per heavy atom. The SMILES string of the molecule is COc1ccc(OC)c2c(C(=O)C3CCNCC3)c[nH]c12. The molecule has 112 valence electrons. The number of nitrogens with one attached hydrogen (secondary N) is 2. The summed E-state index contributed by atoms with van der Waals surface area (Å²) >= 11 is 0. The van der Waals surface area contributed by atoms with Crippen molar-refractivity contribution in [2.24, 2.45) is 5.92 Å². The summed E-state index contributed by atoms with van der Waals surface area (Å²) in [6, 6.07) is 3.69. The van der Waals surface area contributed by atoms with Crippen molar-refractivity contribution in [1.82, 2.24) is 10.3 Å². The lowest BCUT2D eigenvalue weighted by atomic mass is 9.89. The third kappa shape index (κ3) is 2.38. The van der Waals surface area contributed by atoms with Crippen LogP contribution in [-0.2, 0) is 0 Å². The quantitative estimate of drug-likeness (QED) is 0.848. The van der Waals surface area contributed by atoms with Gasteiger partial charge in [0.25, 0.3) is 0 Å². The molecule has 0 unspecified atom stereocenters. The van der Waals surface area contributed by atoms with E-state index in [-0.39, 0.29) is 11.7 Å². The smallest absolute Gasteiger partial charge is 0.168 e. The molecule has 1 aromatic heterocycles. The first kappa shape index (κ1) is 13.9. The summed E-state index contributed by atoms with van der Waals surface area (Å²) in [6.45, 7) is 1.80. The molecule has 1 saturated heterocycles. The summed E-state index contributed by atoms with van der Waals surface area (Å²) < 4.78 is 10.8. The minimum Gasteiger partial charge on any atom is -0.496 e. The molecule has 0 amide bonds. The molecule has 1 aliphatic rings. The van der Waals surface area contributed by atoms with E-state index < -0.39 is 0 Å². The van der Waals surface area contributed by atoms with E-state index in [1.54, 1.807) is 20.4 Å². The molecular formula is C16H20N2O3. The number of H-pyrrole nitrogens is 1. The molecule has 1 fully saturated rings. The van der Waals surface area contributed by atoms with Gasteiger partial charge in [-0.3, -0.25) is 4.79 Å². The van der Waals surface area contributed by atoms with Crippen LogP contribution in [0.2, 0.25) is 0 Å². The van der Waals surface area contributed by atoms with Crippen LogP contribution in [0, 0.1) is 5.92 Å². The van der Waals surface area contributed by atoms with Crippen LogP contribution in [-0.4, -0.2) is 38.1 Å². The molecule has 0 aliphatic carbocycles. The van der Waals surface area contributed by atoms with Crippen LogP contribution >= 0.6 is 0 Å². The molecule has 0 atom stereocenters. The van der Waals surface area contributed by atoms with Gasteiger partial charge in [0.05, 0.1) is 25.1 Å². The van der Waals surface area contributed by atoms with Crippen molar-refractivity contribution >= 4 is 16.7 Å². The average Bonchev–Trinajstić information content (AvgIpc) is 2.99. The lowest BCUT2D eigenvalue weighted by molar-refractivity contribution is 0.0896. The van der Waals surface area contributed by atoms with Gasteiger partial charge in [-0.1, -0.05) is 0 Å². The topological polar surface area (TPSA) is 63.4 Å². The monoisotopic (exact) mass is 288 g/mol. The third-order valence-corrected chi connectivity index (χ3v) is 4.17. The van der Waals surface area contributed by atoms with E-state index in [1.165, 1.54) is 0 Å². The predicted octanol–water partition coefficient (Wildman–Crippen LogP) is 2.37. The van der Waals surface area contributed by atoms with Gasteiger partial charge in [0.2, 0.25) is 0 Å². The zero-order valence-electron chi connectivity index (χ0n) is 12.4. The molecule has 1 aliphatic heterocycles. The summed E-state index contributed by atoms with van der Waals surface area (Å²) in [4.78, 5) is 16.0. The minimum atomic E-state index is 0.0844. The molecule has 0 saturated carbocycles. The van der Waals surface area contributed by atoms with Gasteiger partial charge in [-0.2, -0.15) is 0 Å². The van der Waals surface area contributed by atoms with E-state index in [2.05, 4.69) is 10.3 Å². The molecule has 0 radical (unpaired) electrons. The molecule has 0 spiro atoms. The van der Waals surface area contributed by atoms with Crippen LogP contribution in [0.1, 0.15) is 23.2 Å². The molecule has 1 aromatic carbocycles. The number of aromatic amines is 1. The van der Waals surface area contributed by atoms with Crippen LogP contribution < -0.4 is 14.8 Å². The van der Waals surface area contributed by atoms with E-state index in [1.807, 2.05) is 12.1 Å².